The van der Waals surface area contributed by atoms with Gasteiger partial charge in [0.15, 0.2) is 0 Å². The lowest BCUT2D eigenvalue weighted by atomic mass is 10.00. The van der Waals surface area contributed by atoms with Gasteiger partial charge in [0.05, 0.1) is 12.5 Å². The van der Waals surface area contributed by atoms with Crippen LogP contribution >= 0.6 is 0 Å². The number of hydrogen-bond donors (Lipinski definition) is 10. The summed E-state index contributed by atoms with van der Waals surface area (Å²) in [4.78, 5) is 105. The van der Waals surface area contributed by atoms with Gasteiger partial charge in [0.2, 0.25) is 41.4 Å². The van der Waals surface area contributed by atoms with Gasteiger partial charge in [-0.1, -0.05) is 94.3 Å². The number of unbranched alkanes of at least 4 members (excludes halogenated alkanes) is 2. The van der Waals surface area contributed by atoms with Crippen LogP contribution in [0.2, 0.25) is 0 Å². The molecule has 0 aliphatic rings. The molecular formula is C44H67N9O9. The molecule has 13 N–H and O–H groups in total. The van der Waals surface area contributed by atoms with E-state index >= 15 is 0 Å². The maximum Gasteiger partial charge on any atom is 0.305 e. The Kier molecular flexibility index (Phi) is 24.1. The fourth-order valence-electron chi connectivity index (χ4n) is 6.57. The van der Waals surface area contributed by atoms with Gasteiger partial charge >= 0.3 is 5.97 Å². The molecule has 0 unspecified atom stereocenters. The molecule has 0 saturated heterocycles. The summed E-state index contributed by atoms with van der Waals surface area (Å²) >= 11 is 0. The molecule has 0 fully saturated rings. The van der Waals surface area contributed by atoms with E-state index in [0.717, 1.165) is 17.5 Å². The van der Waals surface area contributed by atoms with E-state index in [1.54, 1.807) is 0 Å². The van der Waals surface area contributed by atoms with E-state index in [1.807, 2.05) is 81.4 Å². The summed E-state index contributed by atoms with van der Waals surface area (Å²) in [6.45, 7) is 6.08. The molecule has 0 spiro atoms. The van der Waals surface area contributed by atoms with E-state index < -0.39 is 90.0 Å². The number of amides is 7. The van der Waals surface area contributed by atoms with Crippen molar-refractivity contribution in [2.75, 3.05) is 6.54 Å². The minimum Gasteiger partial charge on any atom is -0.481 e. The van der Waals surface area contributed by atoms with Crippen molar-refractivity contribution >= 4 is 47.3 Å². The first kappa shape index (κ1) is 52.3. The second-order valence-corrected chi connectivity index (χ2v) is 15.8. The summed E-state index contributed by atoms with van der Waals surface area (Å²) < 4.78 is 0. The molecule has 6 atom stereocenters. The van der Waals surface area contributed by atoms with Crippen molar-refractivity contribution in [1.82, 2.24) is 31.9 Å². The average molecular weight is 866 g/mol. The fourth-order valence-corrected chi connectivity index (χ4v) is 6.57. The minimum absolute atomic E-state index is 0.0806. The average Bonchev–Trinajstić information content (AvgIpc) is 3.23. The van der Waals surface area contributed by atoms with Gasteiger partial charge in [-0.05, 0) is 75.0 Å². The molecule has 0 radical (unpaired) electrons. The van der Waals surface area contributed by atoms with Gasteiger partial charge < -0.3 is 54.2 Å². The topological polar surface area (TPSA) is 307 Å². The minimum atomic E-state index is -1.33. The Morgan fingerprint density at radius 2 is 1.05 bits per heavy atom. The van der Waals surface area contributed by atoms with Gasteiger partial charge in [0.1, 0.15) is 30.2 Å². The lowest BCUT2D eigenvalue weighted by Crippen LogP contribution is -2.59. The Morgan fingerprint density at radius 1 is 0.581 bits per heavy atom. The van der Waals surface area contributed by atoms with Crippen LogP contribution in [0.1, 0.15) is 103 Å². The second kappa shape index (κ2) is 28.6. The molecule has 0 aliphatic heterocycles. The van der Waals surface area contributed by atoms with E-state index in [1.165, 1.54) is 0 Å². The fraction of sp³-hybridized carbons (Fsp3) is 0.545. The zero-order chi connectivity index (χ0) is 46.0. The third-order valence-electron chi connectivity index (χ3n) is 10.0. The van der Waals surface area contributed by atoms with Crippen LogP contribution in [0.3, 0.4) is 0 Å². The van der Waals surface area contributed by atoms with Gasteiger partial charge in [0.25, 0.3) is 0 Å². The highest BCUT2D eigenvalue weighted by Crippen LogP contribution is 2.12. The van der Waals surface area contributed by atoms with Crippen molar-refractivity contribution in [3.63, 3.8) is 0 Å². The third-order valence-corrected chi connectivity index (χ3v) is 10.0. The summed E-state index contributed by atoms with van der Waals surface area (Å²) in [5.41, 5.74) is 18.3. The number of aryl methyl sites for hydroxylation is 1. The lowest BCUT2D eigenvalue weighted by Gasteiger charge is -2.28. The van der Waals surface area contributed by atoms with E-state index in [4.69, 9.17) is 17.2 Å². The normalized spacial score (nSPS) is 14.0. The Balaban J connectivity index is 2.40. The summed E-state index contributed by atoms with van der Waals surface area (Å²) in [7, 11) is 0. The Hall–Kier alpha value is -5.88. The smallest absolute Gasteiger partial charge is 0.305 e. The Morgan fingerprint density at radius 3 is 1.55 bits per heavy atom. The van der Waals surface area contributed by atoms with Crippen molar-refractivity contribution in [2.24, 2.45) is 23.1 Å². The number of benzene rings is 2. The molecule has 0 saturated carbocycles. The van der Waals surface area contributed by atoms with Crippen molar-refractivity contribution < 1.29 is 43.5 Å². The first-order chi connectivity index (χ1) is 29.5. The predicted octanol–water partition coefficient (Wildman–Crippen LogP) is 0.792. The number of hydrogen-bond acceptors (Lipinski definition) is 10. The van der Waals surface area contributed by atoms with Crippen LogP contribution in [0.4, 0.5) is 0 Å². The number of carbonyl (C=O) groups excluding carboxylic acids is 7. The molecule has 2 rings (SSSR count). The molecule has 0 aromatic heterocycles. The maximum absolute atomic E-state index is 14.2. The zero-order valence-electron chi connectivity index (χ0n) is 36.2. The number of carboxylic acid groups (broad SMARTS) is 1. The van der Waals surface area contributed by atoms with Crippen molar-refractivity contribution in [3.05, 3.63) is 71.8 Å². The third kappa shape index (κ3) is 20.6. The first-order valence-electron chi connectivity index (χ1n) is 21.4. The van der Waals surface area contributed by atoms with E-state index in [0.29, 0.717) is 32.2 Å². The molecule has 342 valence electrons. The first-order valence-corrected chi connectivity index (χ1v) is 21.4. The summed E-state index contributed by atoms with van der Waals surface area (Å²) in [6, 6.07) is 11.1. The molecule has 62 heavy (non-hydrogen) atoms. The van der Waals surface area contributed by atoms with Gasteiger partial charge in [-0.2, -0.15) is 0 Å². The molecule has 2 aromatic carbocycles. The number of carbonyl (C=O) groups is 8. The van der Waals surface area contributed by atoms with E-state index in [-0.39, 0.29) is 51.0 Å². The van der Waals surface area contributed by atoms with Crippen LogP contribution in [0, 0.1) is 5.92 Å². The summed E-state index contributed by atoms with van der Waals surface area (Å²) in [5, 5.41) is 26.0. The number of nitrogens with one attached hydrogen (secondary N) is 6. The number of primary amides is 2. The SMILES string of the molecule is CCCC[C@H](NC(=O)[C@H](CCC(N)=O)NC(=O)[C@H](CCCCN)NC(=O)[C@@H](CCc1ccccc1)NC(=O)[C@H](CC(C)C)NC(=O)[C@H](CC(=O)O)NCc1ccccc1)C(N)=O. The number of rotatable bonds is 31. The largest absolute Gasteiger partial charge is 0.481 e. The van der Waals surface area contributed by atoms with Crippen LogP contribution in [0.5, 0.6) is 0 Å². The highest BCUT2D eigenvalue weighted by atomic mass is 16.4. The molecular weight excluding hydrogens is 799 g/mol. The molecule has 18 heteroatoms. The van der Waals surface area contributed by atoms with Crippen LogP contribution in [0.15, 0.2) is 60.7 Å². The number of nitrogens with two attached hydrogens (primary N) is 3. The maximum atomic E-state index is 14.2. The van der Waals surface area contributed by atoms with Gasteiger partial charge in [0, 0.05) is 13.0 Å². The standard InChI is InChI=1S/C44H67N9O9/c1-4-5-18-31(39(47)57)49-41(59)34(22-23-37(46)54)51-40(58)32(19-12-13-24-45)50-42(60)33(21-20-29-14-8-6-9-15-29)52-44(62)36(25-28(2)3)53-43(61)35(26-38(55)56)48-27-30-16-10-7-11-17-30/h6-11,14-17,28,31-36,48H,4-5,12-13,18-27,45H2,1-3H3,(H2,46,54)(H2,47,57)(H,49,59)(H,50,60)(H,51,58)(H,52,62)(H,53,61)(H,55,56)/t31-,32-,33+,34-,35-,36-/m0/s1. The van der Waals surface area contributed by atoms with Crippen LogP contribution < -0.4 is 49.1 Å². The lowest BCUT2D eigenvalue weighted by molar-refractivity contribution is -0.140. The molecule has 0 bridgehead atoms. The number of carboxylic acids is 1. The van der Waals surface area contributed by atoms with Gasteiger partial charge in [-0.25, -0.2) is 0 Å². The van der Waals surface area contributed by atoms with E-state index in [2.05, 4.69) is 31.9 Å². The van der Waals surface area contributed by atoms with Crippen LogP contribution in [-0.2, 0) is 51.3 Å². The van der Waals surface area contributed by atoms with Crippen molar-refractivity contribution in [3.8, 4) is 0 Å². The van der Waals surface area contributed by atoms with E-state index in [9.17, 15) is 43.5 Å². The summed E-state index contributed by atoms with van der Waals surface area (Å²) in [6.07, 6.45) is 2.09. The monoisotopic (exact) mass is 866 g/mol. The Labute approximate surface area is 364 Å². The van der Waals surface area contributed by atoms with Crippen LogP contribution in [0.25, 0.3) is 0 Å². The predicted molar refractivity (Wildman–Crippen MR) is 233 cm³/mol. The summed E-state index contributed by atoms with van der Waals surface area (Å²) in [5.74, 6) is -6.50. The van der Waals surface area contributed by atoms with Crippen LogP contribution in [-0.4, -0.2) is 95.2 Å². The molecule has 18 nitrogen and oxygen atoms in total. The zero-order valence-corrected chi connectivity index (χ0v) is 36.2. The Bertz CT molecular complexity index is 1750. The number of aliphatic carboxylic acids is 1. The molecule has 7 amide bonds. The van der Waals surface area contributed by atoms with Crippen molar-refractivity contribution in [2.45, 2.75) is 141 Å². The second-order valence-electron chi connectivity index (χ2n) is 15.8. The highest BCUT2D eigenvalue weighted by Gasteiger charge is 2.33. The molecule has 0 heterocycles. The highest BCUT2D eigenvalue weighted by molar-refractivity contribution is 5.97. The van der Waals surface area contributed by atoms with Crippen molar-refractivity contribution in [1.29, 1.82) is 0 Å². The molecule has 2 aromatic rings. The van der Waals surface area contributed by atoms with Gasteiger partial charge in [-0.3, -0.25) is 38.4 Å². The molecule has 0 aliphatic carbocycles. The van der Waals surface area contributed by atoms with Gasteiger partial charge in [-0.15, -0.1) is 0 Å². The quantitative estimate of drug-likeness (QED) is 0.0473.